The molecule has 1 heterocycles. The first-order chi connectivity index (χ1) is 10.7. The standard InChI is InChI=1S/C17H14N2O3/c20-15-7-3-2-6-14(15)17(21)19-18-10-12-9-13-5-1-4-8-16(13)22-11-12/h1-10,20H,11H2,(H,19,21). The molecule has 0 atom stereocenters. The number of nitrogens with one attached hydrogen (secondary N) is 1. The normalized spacial score (nSPS) is 13.2. The summed E-state index contributed by atoms with van der Waals surface area (Å²) in [7, 11) is 0. The van der Waals surface area contributed by atoms with Crippen LogP contribution in [0.3, 0.4) is 0 Å². The van der Waals surface area contributed by atoms with Gasteiger partial charge in [-0.2, -0.15) is 5.10 Å². The number of rotatable bonds is 3. The molecular weight excluding hydrogens is 280 g/mol. The average molecular weight is 294 g/mol. The van der Waals surface area contributed by atoms with Crippen LogP contribution in [0.15, 0.2) is 59.2 Å². The maximum absolute atomic E-state index is 11.9. The van der Waals surface area contributed by atoms with Gasteiger partial charge in [0.25, 0.3) is 5.91 Å². The number of carbonyl (C=O) groups is 1. The molecule has 110 valence electrons. The number of benzene rings is 2. The fourth-order valence-electron chi connectivity index (χ4n) is 2.11. The highest BCUT2D eigenvalue weighted by Crippen LogP contribution is 2.24. The molecule has 0 radical (unpaired) electrons. The molecule has 0 saturated heterocycles. The first kappa shape index (κ1) is 13.9. The lowest BCUT2D eigenvalue weighted by molar-refractivity contribution is 0.0952. The number of hydrazone groups is 1. The van der Waals surface area contributed by atoms with Gasteiger partial charge in [-0.25, -0.2) is 5.43 Å². The molecular formula is C17H14N2O3. The molecule has 0 bridgehead atoms. The zero-order valence-electron chi connectivity index (χ0n) is 11.7. The van der Waals surface area contributed by atoms with Crippen molar-refractivity contribution in [3.63, 3.8) is 0 Å². The molecule has 1 amide bonds. The first-order valence-corrected chi connectivity index (χ1v) is 6.78. The Labute approximate surface area is 127 Å². The number of aromatic hydroxyl groups is 1. The molecule has 5 heteroatoms. The number of ether oxygens (including phenoxy) is 1. The Balaban J connectivity index is 1.67. The zero-order chi connectivity index (χ0) is 15.4. The zero-order valence-corrected chi connectivity index (χ0v) is 11.7. The number of hydrogen-bond donors (Lipinski definition) is 2. The molecule has 5 nitrogen and oxygen atoms in total. The van der Waals surface area contributed by atoms with E-state index in [9.17, 15) is 9.90 Å². The molecule has 0 saturated carbocycles. The monoisotopic (exact) mass is 294 g/mol. The second-order valence-electron chi connectivity index (χ2n) is 4.76. The smallest absolute Gasteiger partial charge is 0.275 e. The van der Waals surface area contributed by atoms with E-state index in [1.165, 1.54) is 18.3 Å². The van der Waals surface area contributed by atoms with Crippen LogP contribution in [-0.4, -0.2) is 23.8 Å². The summed E-state index contributed by atoms with van der Waals surface area (Å²) < 4.78 is 5.59. The second-order valence-corrected chi connectivity index (χ2v) is 4.76. The van der Waals surface area contributed by atoms with Crippen molar-refractivity contribution in [3.05, 3.63) is 65.2 Å². The fraction of sp³-hybridized carbons (Fsp3) is 0.0588. The van der Waals surface area contributed by atoms with Gasteiger partial charge in [-0.1, -0.05) is 30.3 Å². The van der Waals surface area contributed by atoms with E-state index in [4.69, 9.17) is 4.74 Å². The molecule has 2 aromatic rings. The Hall–Kier alpha value is -3.08. The SMILES string of the molecule is O=C(NN=CC1=Cc2ccccc2OC1)c1ccccc1O. The van der Waals surface area contributed by atoms with Gasteiger partial charge in [-0.05, 0) is 24.3 Å². The minimum absolute atomic E-state index is 0.0793. The molecule has 0 spiro atoms. The Morgan fingerprint density at radius 3 is 2.82 bits per heavy atom. The van der Waals surface area contributed by atoms with E-state index >= 15 is 0 Å². The third-order valence-corrected chi connectivity index (χ3v) is 3.20. The van der Waals surface area contributed by atoms with E-state index in [0.717, 1.165) is 16.9 Å². The van der Waals surface area contributed by atoms with Gasteiger partial charge in [-0.3, -0.25) is 4.79 Å². The average Bonchev–Trinajstić information content (AvgIpc) is 2.55. The van der Waals surface area contributed by atoms with Crippen molar-refractivity contribution in [1.29, 1.82) is 0 Å². The van der Waals surface area contributed by atoms with Crippen LogP contribution in [0, 0.1) is 0 Å². The molecule has 0 aliphatic carbocycles. The highest BCUT2D eigenvalue weighted by atomic mass is 16.5. The van der Waals surface area contributed by atoms with Gasteiger partial charge >= 0.3 is 0 Å². The summed E-state index contributed by atoms with van der Waals surface area (Å²) >= 11 is 0. The third-order valence-electron chi connectivity index (χ3n) is 3.20. The number of carbonyl (C=O) groups excluding carboxylic acids is 1. The maximum Gasteiger partial charge on any atom is 0.275 e. The topological polar surface area (TPSA) is 70.9 Å². The van der Waals surface area contributed by atoms with Crippen molar-refractivity contribution < 1.29 is 14.6 Å². The molecule has 1 aliphatic heterocycles. The molecule has 0 aromatic heterocycles. The van der Waals surface area contributed by atoms with E-state index in [-0.39, 0.29) is 11.3 Å². The molecule has 2 N–H and O–H groups in total. The van der Waals surface area contributed by atoms with Crippen LogP contribution in [0.1, 0.15) is 15.9 Å². The highest BCUT2D eigenvalue weighted by Gasteiger charge is 2.10. The molecule has 22 heavy (non-hydrogen) atoms. The lowest BCUT2D eigenvalue weighted by Crippen LogP contribution is -2.18. The van der Waals surface area contributed by atoms with Crippen LogP contribution in [-0.2, 0) is 0 Å². The number of phenols is 1. The lowest BCUT2D eigenvalue weighted by atomic mass is 10.1. The summed E-state index contributed by atoms with van der Waals surface area (Å²) in [4.78, 5) is 11.9. The van der Waals surface area contributed by atoms with Gasteiger partial charge in [0.2, 0.25) is 0 Å². The Kier molecular flexibility index (Phi) is 3.87. The molecule has 1 aliphatic rings. The number of para-hydroxylation sites is 2. The number of amides is 1. The summed E-state index contributed by atoms with van der Waals surface area (Å²) in [6.07, 6.45) is 3.49. The van der Waals surface area contributed by atoms with Gasteiger partial charge in [0.1, 0.15) is 18.1 Å². The van der Waals surface area contributed by atoms with E-state index < -0.39 is 5.91 Å². The van der Waals surface area contributed by atoms with Crippen molar-refractivity contribution in [3.8, 4) is 11.5 Å². The predicted octanol–water partition coefficient (Wildman–Crippen LogP) is 2.58. The third kappa shape index (κ3) is 2.98. The number of nitrogens with zero attached hydrogens (tertiary/aromatic N) is 1. The van der Waals surface area contributed by atoms with Crippen LogP contribution in [0.4, 0.5) is 0 Å². The van der Waals surface area contributed by atoms with Crippen molar-refractivity contribution >= 4 is 18.2 Å². The van der Waals surface area contributed by atoms with Gasteiger partial charge in [-0.15, -0.1) is 0 Å². The van der Waals surface area contributed by atoms with Crippen LogP contribution in [0.5, 0.6) is 11.5 Å². The molecule has 0 fully saturated rings. The summed E-state index contributed by atoms with van der Waals surface area (Å²) in [5.74, 6) is 0.286. The number of phenolic OH excluding ortho intramolecular Hbond substituents is 1. The first-order valence-electron chi connectivity index (χ1n) is 6.78. The minimum atomic E-state index is -0.466. The van der Waals surface area contributed by atoms with Gasteiger partial charge < -0.3 is 9.84 Å². The van der Waals surface area contributed by atoms with Crippen LogP contribution >= 0.6 is 0 Å². The summed E-state index contributed by atoms with van der Waals surface area (Å²) in [6.45, 7) is 0.396. The molecule has 2 aromatic carbocycles. The molecule has 0 unspecified atom stereocenters. The summed E-state index contributed by atoms with van der Waals surface area (Å²) in [5.41, 5.74) is 4.38. The second kappa shape index (κ2) is 6.13. The summed E-state index contributed by atoms with van der Waals surface area (Å²) in [6, 6.07) is 14.0. The van der Waals surface area contributed by atoms with Crippen molar-refractivity contribution in [1.82, 2.24) is 5.43 Å². The van der Waals surface area contributed by atoms with Gasteiger partial charge in [0.05, 0.1) is 11.8 Å². The number of hydrogen-bond acceptors (Lipinski definition) is 4. The quantitative estimate of drug-likeness (QED) is 0.675. The summed E-state index contributed by atoms with van der Waals surface area (Å²) in [5, 5.41) is 13.5. The minimum Gasteiger partial charge on any atom is -0.507 e. The van der Waals surface area contributed by atoms with E-state index in [1.54, 1.807) is 12.1 Å². The Morgan fingerprint density at radius 1 is 1.18 bits per heavy atom. The fourth-order valence-corrected chi connectivity index (χ4v) is 2.11. The van der Waals surface area contributed by atoms with E-state index in [2.05, 4.69) is 10.5 Å². The van der Waals surface area contributed by atoms with Crippen molar-refractivity contribution in [2.45, 2.75) is 0 Å². The lowest BCUT2D eigenvalue weighted by Gasteiger charge is -2.15. The van der Waals surface area contributed by atoms with Crippen LogP contribution < -0.4 is 10.2 Å². The van der Waals surface area contributed by atoms with Gasteiger partial charge in [0.15, 0.2) is 0 Å². The van der Waals surface area contributed by atoms with Crippen molar-refractivity contribution in [2.75, 3.05) is 6.61 Å². The van der Waals surface area contributed by atoms with E-state index in [0.29, 0.717) is 6.61 Å². The Morgan fingerprint density at radius 2 is 1.95 bits per heavy atom. The highest BCUT2D eigenvalue weighted by molar-refractivity contribution is 5.97. The predicted molar refractivity (Wildman–Crippen MR) is 84.0 cm³/mol. The van der Waals surface area contributed by atoms with Crippen LogP contribution in [0.25, 0.3) is 6.08 Å². The van der Waals surface area contributed by atoms with Crippen molar-refractivity contribution in [2.24, 2.45) is 5.10 Å². The molecule has 3 rings (SSSR count). The van der Waals surface area contributed by atoms with E-state index in [1.807, 2.05) is 30.3 Å². The largest absolute Gasteiger partial charge is 0.507 e. The van der Waals surface area contributed by atoms with Crippen LogP contribution in [0.2, 0.25) is 0 Å². The van der Waals surface area contributed by atoms with Gasteiger partial charge in [0, 0.05) is 11.1 Å². The Bertz CT molecular complexity index is 766. The maximum atomic E-state index is 11.9. The number of fused-ring (bicyclic) bond motifs is 1.